The summed E-state index contributed by atoms with van der Waals surface area (Å²) in [4.78, 5) is 4.48. The van der Waals surface area contributed by atoms with Crippen LogP contribution in [0.5, 0.6) is 0 Å². The molecule has 1 N–H and O–H groups in total. The van der Waals surface area contributed by atoms with Gasteiger partial charge in [-0.25, -0.2) is 0 Å². The maximum atomic E-state index is 5.38. The molecule has 0 saturated heterocycles. The molecule has 0 fully saturated rings. The fourth-order valence-electron chi connectivity index (χ4n) is 2.47. The van der Waals surface area contributed by atoms with Crippen LogP contribution in [0.3, 0.4) is 0 Å². The first-order valence-corrected chi connectivity index (χ1v) is 6.62. The molecule has 0 amide bonds. The molecular weight excluding hydrogens is 250 g/mol. The van der Waals surface area contributed by atoms with E-state index in [9.17, 15) is 0 Å². The standard InChI is InChI=1S/C16H13N3O/c1-2-4-11(5-3-1)15-18-16(20-19-15)12-6-7-13-9-17-10-14(13)8-12/h1-8,17H,9-10H2. The van der Waals surface area contributed by atoms with Crippen LogP contribution in [0.25, 0.3) is 22.8 Å². The highest BCUT2D eigenvalue weighted by molar-refractivity contribution is 5.61. The van der Waals surface area contributed by atoms with Gasteiger partial charge in [-0.15, -0.1) is 0 Å². The number of fused-ring (bicyclic) bond motifs is 1. The van der Waals surface area contributed by atoms with Gasteiger partial charge in [0.25, 0.3) is 5.89 Å². The molecule has 0 saturated carbocycles. The van der Waals surface area contributed by atoms with E-state index in [4.69, 9.17) is 4.52 Å². The molecule has 4 heteroatoms. The highest BCUT2D eigenvalue weighted by Gasteiger charge is 2.14. The van der Waals surface area contributed by atoms with Gasteiger partial charge >= 0.3 is 0 Å². The Morgan fingerprint density at radius 2 is 1.75 bits per heavy atom. The lowest BCUT2D eigenvalue weighted by Gasteiger charge is -1.99. The summed E-state index contributed by atoms with van der Waals surface area (Å²) in [6, 6.07) is 16.1. The molecule has 4 nitrogen and oxygen atoms in total. The van der Waals surface area contributed by atoms with Crippen molar-refractivity contribution in [3.05, 3.63) is 59.7 Å². The van der Waals surface area contributed by atoms with Crippen molar-refractivity contribution in [2.24, 2.45) is 0 Å². The molecule has 1 aromatic heterocycles. The van der Waals surface area contributed by atoms with Crippen LogP contribution in [-0.4, -0.2) is 10.1 Å². The first-order valence-electron chi connectivity index (χ1n) is 6.62. The van der Waals surface area contributed by atoms with Crippen molar-refractivity contribution in [2.45, 2.75) is 13.1 Å². The van der Waals surface area contributed by atoms with Crippen LogP contribution in [0.4, 0.5) is 0 Å². The van der Waals surface area contributed by atoms with Crippen molar-refractivity contribution >= 4 is 0 Å². The molecule has 2 aromatic carbocycles. The average Bonchev–Trinajstić information content (AvgIpc) is 3.16. The largest absolute Gasteiger partial charge is 0.334 e. The zero-order valence-electron chi connectivity index (χ0n) is 10.8. The van der Waals surface area contributed by atoms with E-state index >= 15 is 0 Å². The van der Waals surface area contributed by atoms with Gasteiger partial charge < -0.3 is 9.84 Å². The predicted octanol–water partition coefficient (Wildman–Crippen LogP) is 3.01. The Labute approximate surface area is 116 Å². The Bertz CT molecular complexity index is 749. The second kappa shape index (κ2) is 4.58. The molecule has 4 rings (SSSR count). The van der Waals surface area contributed by atoms with Gasteiger partial charge in [-0.2, -0.15) is 4.98 Å². The predicted molar refractivity (Wildman–Crippen MR) is 75.7 cm³/mol. The monoisotopic (exact) mass is 263 g/mol. The topological polar surface area (TPSA) is 51.0 Å². The molecule has 98 valence electrons. The fraction of sp³-hybridized carbons (Fsp3) is 0.125. The zero-order valence-corrected chi connectivity index (χ0v) is 10.8. The molecular formula is C16H13N3O. The average molecular weight is 263 g/mol. The summed E-state index contributed by atoms with van der Waals surface area (Å²) in [5, 5.41) is 7.39. The first-order chi connectivity index (χ1) is 9.90. The molecule has 0 spiro atoms. The number of rotatable bonds is 2. The smallest absolute Gasteiger partial charge is 0.258 e. The lowest BCUT2D eigenvalue weighted by molar-refractivity contribution is 0.432. The van der Waals surface area contributed by atoms with Crippen molar-refractivity contribution in [3.63, 3.8) is 0 Å². The molecule has 0 bridgehead atoms. The molecule has 0 radical (unpaired) electrons. The van der Waals surface area contributed by atoms with Gasteiger partial charge in [0.05, 0.1) is 0 Å². The van der Waals surface area contributed by atoms with Gasteiger partial charge in [-0.1, -0.05) is 41.6 Å². The maximum Gasteiger partial charge on any atom is 0.258 e. The zero-order chi connectivity index (χ0) is 13.4. The van der Waals surface area contributed by atoms with E-state index in [0.29, 0.717) is 11.7 Å². The highest BCUT2D eigenvalue weighted by atomic mass is 16.5. The van der Waals surface area contributed by atoms with Crippen LogP contribution in [0, 0.1) is 0 Å². The van der Waals surface area contributed by atoms with Crippen molar-refractivity contribution in [1.29, 1.82) is 0 Å². The third-order valence-electron chi connectivity index (χ3n) is 3.54. The third kappa shape index (κ3) is 1.90. The van der Waals surface area contributed by atoms with Gasteiger partial charge in [0.1, 0.15) is 0 Å². The first kappa shape index (κ1) is 11.4. The second-order valence-electron chi connectivity index (χ2n) is 4.88. The fourth-order valence-corrected chi connectivity index (χ4v) is 2.47. The minimum atomic E-state index is 0.568. The molecule has 0 atom stereocenters. The highest BCUT2D eigenvalue weighted by Crippen LogP contribution is 2.25. The van der Waals surface area contributed by atoms with E-state index in [1.165, 1.54) is 11.1 Å². The van der Waals surface area contributed by atoms with Crippen LogP contribution in [0.15, 0.2) is 53.1 Å². The summed E-state index contributed by atoms with van der Waals surface area (Å²) in [5.41, 5.74) is 4.59. The van der Waals surface area contributed by atoms with Crippen molar-refractivity contribution in [2.75, 3.05) is 0 Å². The van der Waals surface area contributed by atoms with Gasteiger partial charge in [0, 0.05) is 24.2 Å². The van der Waals surface area contributed by atoms with E-state index in [0.717, 1.165) is 24.2 Å². The van der Waals surface area contributed by atoms with Gasteiger partial charge in [-0.05, 0) is 23.3 Å². The van der Waals surface area contributed by atoms with E-state index in [2.05, 4.69) is 27.6 Å². The van der Waals surface area contributed by atoms with Crippen LogP contribution in [0.1, 0.15) is 11.1 Å². The van der Waals surface area contributed by atoms with E-state index < -0.39 is 0 Å². The molecule has 20 heavy (non-hydrogen) atoms. The quantitative estimate of drug-likeness (QED) is 0.772. The third-order valence-corrected chi connectivity index (χ3v) is 3.54. The van der Waals surface area contributed by atoms with Gasteiger partial charge in [0.15, 0.2) is 0 Å². The van der Waals surface area contributed by atoms with Crippen LogP contribution in [-0.2, 0) is 13.1 Å². The summed E-state index contributed by atoms with van der Waals surface area (Å²) in [7, 11) is 0. The van der Waals surface area contributed by atoms with E-state index in [1.54, 1.807) is 0 Å². The summed E-state index contributed by atoms with van der Waals surface area (Å²) < 4.78 is 5.38. The van der Waals surface area contributed by atoms with Crippen molar-refractivity contribution in [3.8, 4) is 22.8 Å². The van der Waals surface area contributed by atoms with Crippen molar-refractivity contribution < 1.29 is 4.52 Å². The summed E-state index contributed by atoms with van der Waals surface area (Å²) in [6.45, 7) is 1.84. The minimum Gasteiger partial charge on any atom is -0.334 e. The number of aromatic nitrogens is 2. The number of nitrogens with zero attached hydrogens (tertiary/aromatic N) is 2. The summed E-state index contributed by atoms with van der Waals surface area (Å²) in [5.74, 6) is 1.19. The van der Waals surface area contributed by atoms with Crippen LogP contribution in [0.2, 0.25) is 0 Å². The minimum absolute atomic E-state index is 0.568. The molecule has 2 heterocycles. The Morgan fingerprint density at radius 3 is 2.65 bits per heavy atom. The molecule has 1 aliphatic rings. The maximum absolute atomic E-state index is 5.38. The normalized spacial score (nSPS) is 13.4. The molecule has 0 aliphatic carbocycles. The Kier molecular flexibility index (Phi) is 2.60. The molecule has 3 aromatic rings. The number of hydrogen-bond donors (Lipinski definition) is 1. The molecule has 1 aliphatic heterocycles. The number of benzene rings is 2. The van der Waals surface area contributed by atoms with E-state index in [1.807, 2.05) is 36.4 Å². The Hall–Kier alpha value is -2.46. The van der Waals surface area contributed by atoms with Gasteiger partial charge in [0.2, 0.25) is 5.82 Å². The lowest BCUT2D eigenvalue weighted by Crippen LogP contribution is -1.99. The van der Waals surface area contributed by atoms with Crippen LogP contribution >= 0.6 is 0 Å². The Morgan fingerprint density at radius 1 is 0.900 bits per heavy atom. The Balaban J connectivity index is 1.72. The van der Waals surface area contributed by atoms with Crippen molar-refractivity contribution in [1.82, 2.24) is 15.5 Å². The van der Waals surface area contributed by atoms with E-state index in [-0.39, 0.29) is 0 Å². The number of nitrogens with one attached hydrogen (secondary N) is 1. The summed E-state index contributed by atoms with van der Waals surface area (Å²) >= 11 is 0. The number of hydrogen-bond acceptors (Lipinski definition) is 4. The SMILES string of the molecule is c1ccc(-c2noc(-c3ccc4c(c3)CNC4)n2)cc1. The second-order valence-corrected chi connectivity index (χ2v) is 4.88. The van der Waals surface area contributed by atoms with Crippen LogP contribution < -0.4 is 5.32 Å². The molecule has 0 unspecified atom stereocenters. The lowest BCUT2D eigenvalue weighted by atomic mass is 10.1. The summed E-state index contributed by atoms with van der Waals surface area (Å²) in [6.07, 6.45) is 0. The van der Waals surface area contributed by atoms with Gasteiger partial charge in [-0.3, -0.25) is 0 Å².